The average Bonchev–Trinajstić information content (AvgIpc) is 3.25. The summed E-state index contributed by atoms with van der Waals surface area (Å²) in [5, 5.41) is 12.6. The summed E-state index contributed by atoms with van der Waals surface area (Å²) in [6.45, 7) is 3.98. The second kappa shape index (κ2) is 8.92. The Morgan fingerprint density at radius 1 is 1.03 bits per heavy atom. The third-order valence-corrected chi connectivity index (χ3v) is 7.23. The number of rotatable bonds is 4. The Morgan fingerprint density at radius 2 is 1.79 bits per heavy atom. The number of fused-ring (bicyclic) bond motifs is 1. The minimum absolute atomic E-state index is 0.131. The highest BCUT2D eigenvalue weighted by atomic mass is 35.5. The maximum absolute atomic E-state index is 13.4. The van der Waals surface area contributed by atoms with E-state index in [4.69, 9.17) is 11.6 Å². The van der Waals surface area contributed by atoms with Crippen molar-refractivity contribution < 1.29 is 4.79 Å². The fraction of sp³-hybridized carbons (Fsp3) is 0.160. The Hall–Kier alpha value is -3.29. The molecule has 6 nitrogen and oxygen atoms in total. The van der Waals surface area contributed by atoms with Gasteiger partial charge >= 0.3 is 0 Å². The standard InChI is InChI=1S/C25H22ClN5OS/c1-15-8-11-17(12-9-15)21-22(24(32)27-19-13-10-16(2)20(26)14-19)33-25-29-28-23(31(25)30-21)18-6-4-3-5-7-18/h3-14,21-22,30H,1-2H3,(H,27,32)/t21-,22-/m0/s1. The van der Waals surface area contributed by atoms with Crippen LogP contribution >= 0.6 is 23.4 Å². The second-order valence-corrected chi connectivity index (χ2v) is 9.53. The summed E-state index contributed by atoms with van der Waals surface area (Å²) >= 11 is 7.66. The van der Waals surface area contributed by atoms with Crippen molar-refractivity contribution in [1.29, 1.82) is 0 Å². The fourth-order valence-electron chi connectivity index (χ4n) is 3.74. The number of anilines is 1. The van der Waals surface area contributed by atoms with Crippen LogP contribution in [-0.2, 0) is 4.79 Å². The molecule has 5 rings (SSSR count). The predicted octanol–water partition coefficient (Wildman–Crippen LogP) is 5.61. The van der Waals surface area contributed by atoms with Gasteiger partial charge in [-0.3, -0.25) is 4.79 Å². The molecule has 0 bridgehead atoms. The number of aromatic nitrogens is 3. The van der Waals surface area contributed by atoms with E-state index >= 15 is 0 Å². The maximum Gasteiger partial charge on any atom is 0.240 e. The molecule has 1 amide bonds. The van der Waals surface area contributed by atoms with Crippen LogP contribution in [0.25, 0.3) is 11.4 Å². The van der Waals surface area contributed by atoms with Crippen molar-refractivity contribution in [3.8, 4) is 11.4 Å². The number of hydrogen-bond acceptors (Lipinski definition) is 5. The molecule has 3 aromatic carbocycles. The third kappa shape index (κ3) is 4.34. The number of halogens is 1. The van der Waals surface area contributed by atoms with Crippen LogP contribution in [0.15, 0.2) is 78.0 Å². The van der Waals surface area contributed by atoms with Crippen LogP contribution in [0.2, 0.25) is 5.02 Å². The van der Waals surface area contributed by atoms with E-state index in [9.17, 15) is 4.79 Å². The molecule has 8 heteroatoms. The van der Waals surface area contributed by atoms with E-state index in [1.807, 2.05) is 73.1 Å². The summed E-state index contributed by atoms with van der Waals surface area (Å²) in [4.78, 5) is 13.4. The molecule has 1 aromatic heterocycles. The number of nitrogens with zero attached hydrogens (tertiary/aromatic N) is 3. The lowest BCUT2D eigenvalue weighted by Gasteiger charge is -2.33. The van der Waals surface area contributed by atoms with Gasteiger partial charge in [0, 0.05) is 16.3 Å². The molecule has 0 spiro atoms. The number of aryl methyl sites for hydroxylation is 2. The summed E-state index contributed by atoms with van der Waals surface area (Å²) in [6.07, 6.45) is 0. The Bertz CT molecular complexity index is 1310. The molecule has 0 saturated heterocycles. The monoisotopic (exact) mass is 475 g/mol. The summed E-state index contributed by atoms with van der Waals surface area (Å²) < 4.78 is 1.87. The quantitative estimate of drug-likeness (QED) is 0.401. The van der Waals surface area contributed by atoms with Crippen LogP contribution in [-0.4, -0.2) is 26.0 Å². The van der Waals surface area contributed by atoms with Gasteiger partial charge in [0.1, 0.15) is 5.25 Å². The first-order valence-electron chi connectivity index (χ1n) is 10.6. The second-order valence-electron chi connectivity index (χ2n) is 8.02. The molecular formula is C25H22ClN5OS. The number of carbonyl (C=O) groups is 1. The molecule has 0 radical (unpaired) electrons. The van der Waals surface area contributed by atoms with Crippen molar-refractivity contribution in [3.63, 3.8) is 0 Å². The molecule has 33 heavy (non-hydrogen) atoms. The fourth-order valence-corrected chi connectivity index (χ4v) is 5.00. The number of benzene rings is 3. The lowest BCUT2D eigenvalue weighted by atomic mass is 10.0. The van der Waals surface area contributed by atoms with Gasteiger partial charge in [-0.1, -0.05) is 89.6 Å². The van der Waals surface area contributed by atoms with Gasteiger partial charge in [-0.05, 0) is 37.1 Å². The molecular weight excluding hydrogens is 454 g/mol. The Kier molecular flexibility index (Phi) is 5.83. The van der Waals surface area contributed by atoms with E-state index in [1.165, 1.54) is 11.8 Å². The van der Waals surface area contributed by atoms with Gasteiger partial charge in [0.15, 0.2) is 5.82 Å². The number of hydrogen-bond donors (Lipinski definition) is 2. The van der Waals surface area contributed by atoms with Crippen LogP contribution < -0.4 is 10.7 Å². The van der Waals surface area contributed by atoms with E-state index < -0.39 is 5.25 Å². The van der Waals surface area contributed by atoms with E-state index in [0.29, 0.717) is 21.7 Å². The Labute approximate surface area is 201 Å². The zero-order valence-electron chi connectivity index (χ0n) is 18.1. The molecule has 4 aromatic rings. The third-order valence-electron chi connectivity index (χ3n) is 5.60. The van der Waals surface area contributed by atoms with Gasteiger partial charge in [0.25, 0.3) is 0 Å². The topological polar surface area (TPSA) is 71.8 Å². The zero-order valence-corrected chi connectivity index (χ0v) is 19.7. The molecule has 166 valence electrons. The van der Waals surface area contributed by atoms with Crippen LogP contribution in [0, 0.1) is 13.8 Å². The van der Waals surface area contributed by atoms with Crippen molar-refractivity contribution >= 4 is 35.0 Å². The predicted molar refractivity (Wildman–Crippen MR) is 133 cm³/mol. The first-order valence-corrected chi connectivity index (χ1v) is 11.8. The van der Waals surface area contributed by atoms with E-state index in [2.05, 4.69) is 33.1 Å². The van der Waals surface area contributed by atoms with Crippen molar-refractivity contribution in [3.05, 3.63) is 94.5 Å². The van der Waals surface area contributed by atoms with Crippen molar-refractivity contribution in [2.45, 2.75) is 30.3 Å². The first kappa shape index (κ1) is 21.6. The van der Waals surface area contributed by atoms with Gasteiger partial charge in [-0.25, -0.2) is 4.68 Å². The number of amides is 1. The molecule has 0 unspecified atom stereocenters. The highest BCUT2D eigenvalue weighted by Crippen LogP contribution is 2.39. The summed E-state index contributed by atoms with van der Waals surface area (Å²) in [5.74, 6) is 0.577. The highest BCUT2D eigenvalue weighted by molar-refractivity contribution is 8.00. The minimum Gasteiger partial charge on any atom is -0.325 e. The van der Waals surface area contributed by atoms with Crippen LogP contribution in [0.3, 0.4) is 0 Å². The Balaban J connectivity index is 1.50. The summed E-state index contributed by atoms with van der Waals surface area (Å²) in [6, 6.07) is 23.3. The van der Waals surface area contributed by atoms with Gasteiger partial charge in [-0.15, -0.1) is 10.2 Å². The van der Waals surface area contributed by atoms with Gasteiger partial charge in [0.05, 0.1) is 6.04 Å². The maximum atomic E-state index is 13.4. The van der Waals surface area contributed by atoms with Crippen molar-refractivity contribution in [2.75, 3.05) is 10.7 Å². The largest absolute Gasteiger partial charge is 0.325 e. The van der Waals surface area contributed by atoms with Crippen LogP contribution in [0.1, 0.15) is 22.7 Å². The lowest BCUT2D eigenvalue weighted by Crippen LogP contribution is -2.41. The molecule has 0 saturated carbocycles. The average molecular weight is 476 g/mol. The molecule has 1 aliphatic heterocycles. The van der Waals surface area contributed by atoms with Gasteiger partial charge in [0.2, 0.25) is 11.1 Å². The molecule has 2 heterocycles. The summed E-state index contributed by atoms with van der Waals surface area (Å²) in [7, 11) is 0. The van der Waals surface area contributed by atoms with Crippen LogP contribution in [0.4, 0.5) is 5.69 Å². The smallest absolute Gasteiger partial charge is 0.240 e. The number of thioether (sulfide) groups is 1. The van der Waals surface area contributed by atoms with Gasteiger partial charge in [-0.2, -0.15) is 0 Å². The van der Waals surface area contributed by atoms with Crippen molar-refractivity contribution in [1.82, 2.24) is 14.9 Å². The van der Waals surface area contributed by atoms with Crippen molar-refractivity contribution in [2.24, 2.45) is 0 Å². The SMILES string of the molecule is Cc1ccc([C@@H]2Nn3c(nnc3-c3ccccc3)S[C@@H]2C(=O)Nc2ccc(C)c(Cl)c2)cc1. The summed E-state index contributed by atoms with van der Waals surface area (Å²) in [5.41, 5.74) is 8.24. The van der Waals surface area contributed by atoms with E-state index in [-0.39, 0.29) is 11.9 Å². The lowest BCUT2D eigenvalue weighted by molar-refractivity contribution is -0.116. The van der Waals surface area contributed by atoms with E-state index in [0.717, 1.165) is 22.3 Å². The number of nitrogens with one attached hydrogen (secondary N) is 2. The molecule has 2 atom stereocenters. The van der Waals surface area contributed by atoms with E-state index in [1.54, 1.807) is 6.07 Å². The molecule has 0 aliphatic carbocycles. The number of carbonyl (C=O) groups excluding carboxylic acids is 1. The van der Waals surface area contributed by atoms with Gasteiger partial charge < -0.3 is 10.7 Å². The normalized spacial score (nSPS) is 17.2. The Morgan fingerprint density at radius 3 is 2.52 bits per heavy atom. The zero-order chi connectivity index (χ0) is 22.9. The van der Waals surface area contributed by atoms with Crippen LogP contribution in [0.5, 0.6) is 0 Å². The minimum atomic E-state index is -0.465. The molecule has 0 fully saturated rings. The first-order chi connectivity index (χ1) is 16.0. The highest BCUT2D eigenvalue weighted by Gasteiger charge is 2.38. The molecule has 2 N–H and O–H groups in total. The molecule has 1 aliphatic rings.